The van der Waals surface area contributed by atoms with Gasteiger partial charge in [0.15, 0.2) is 0 Å². The highest BCUT2D eigenvalue weighted by atomic mass is 79.9. The van der Waals surface area contributed by atoms with Crippen LogP contribution in [0.1, 0.15) is 20.8 Å². The van der Waals surface area contributed by atoms with E-state index >= 15 is 0 Å². The first-order valence-electron chi connectivity index (χ1n) is 5.09. The molecule has 0 bridgehead atoms. The molecule has 4 nitrogen and oxygen atoms in total. The molecule has 0 saturated carbocycles. The minimum atomic E-state index is -0.629. The van der Waals surface area contributed by atoms with Crippen molar-refractivity contribution in [1.82, 2.24) is 0 Å². The summed E-state index contributed by atoms with van der Waals surface area (Å²) in [5.74, 6) is -0.528. The van der Waals surface area contributed by atoms with E-state index in [1.807, 2.05) is 0 Å². The third-order valence-electron chi connectivity index (χ3n) is 2.10. The maximum Gasteiger partial charge on any atom is 0.343 e. The van der Waals surface area contributed by atoms with Crippen molar-refractivity contribution < 1.29 is 19.1 Å². The van der Waals surface area contributed by atoms with Gasteiger partial charge in [-0.25, -0.2) is 9.59 Å². The van der Waals surface area contributed by atoms with E-state index in [0.29, 0.717) is 15.8 Å². The van der Waals surface area contributed by atoms with Gasteiger partial charge in [0, 0.05) is 10.6 Å². The number of halogens is 1. The molecule has 5 heteroatoms. The topological polar surface area (TPSA) is 52.6 Å². The second-order valence-electron chi connectivity index (χ2n) is 3.47. The Hall–Kier alpha value is -1.36. The third-order valence-corrected chi connectivity index (χ3v) is 2.49. The number of ether oxygens (including phenoxy) is 2. The van der Waals surface area contributed by atoms with E-state index in [4.69, 9.17) is 9.47 Å². The molecule has 1 aliphatic rings. The first kappa shape index (κ1) is 13.7. The van der Waals surface area contributed by atoms with Gasteiger partial charge in [-0.15, -0.1) is 0 Å². The summed E-state index contributed by atoms with van der Waals surface area (Å²) in [6.45, 7) is 5.10. The normalized spacial score (nSPS) is 20.0. The molecular formula is C12H13BrO4. The van der Waals surface area contributed by atoms with Crippen LogP contribution in [0.25, 0.3) is 0 Å². The van der Waals surface area contributed by atoms with Crippen molar-refractivity contribution in [2.24, 2.45) is 0 Å². The molecule has 0 spiro atoms. The number of allylic oxidation sites excluding steroid dienone is 3. The Labute approximate surface area is 108 Å². The van der Waals surface area contributed by atoms with Crippen molar-refractivity contribution in [3.8, 4) is 0 Å². The summed E-state index contributed by atoms with van der Waals surface area (Å²) >= 11 is 3.22. The molecule has 0 amide bonds. The highest BCUT2D eigenvalue weighted by Crippen LogP contribution is 2.26. The minimum Gasteiger partial charge on any atom is -0.454 e. The molecule has 92 valence electrons. The quantitative estimate of drug-likeness (QED) is 0.594. The van der Waals surface area contributed by atoms with Crippen molar-refractivity contribution >= 4 is 27.9 Å². The van der Waals surface area contributed by atoms with Crippen LogP contribution in [0.5, 0.6) is 0 Å². The Morgan fingerprint density at radius 2 is 2.24 bits per heavy atom. The van der Waals surface area contributed by atoms with Gasteiger partial charge in [-0.05, 0) is 26.8 Å². The molecule has 1 aliphatic heterocycles. The number of carbonyl (C=O) groups excluding carboxylic acids is 2. The molecule has 0 saturated heterocycles. The lowest BCUT2D eigenvalue weighted by atomic mass is 10.1. The smallest absolute Gasteiger partial charge is 0.343 e. The standard InChI is InChI=1S/C12H13BrO4/c1-4-5-11(14)16-8(3)9-6-10(7(2)13)17-12(9)15/h4-6,8H,1-3H3/b5-4+,10-7-. The lowest BCUT2D eigenvalue weighted by Crippen LogP contribution is -2.19. The highest BCUT2D eigenvalue weighted by molar-refractivity contribution is 9.11. The van der Waals surface area contributed by atoms with Gasteiger partial charge in [-0.3, -0.25) is 0 Å². The molecule has 1 rings (SSSR count). The summed E-state index contributed by atoms with van der Waals surface area (Å²) in [4.78, 5) is 22.7. The Kier molecular flexibility index (Phi) is 4.69. The van der Waals surface area contributed by atoms with E-state index in [2.05, 4.69) is 15.9 Å². The number of cyclic esters (lactones) is 1. The van der Waals surface area contributed by atoms with Crippen LogP contribution < -0.4 is 0 Å². The number of rotatable bonds is 3. The van der Waals surface area contributed by atoms with Crippen molar-refractivity contribution in [2.75, 3.05) is 0 Å². The van der Waals surface area contributed by atoms with Crippen molar-refractivity contribution in [1.29, 1.82) is 0 Å². The molecule has 0 aliphatic carbocycles. The minimum absolute atomic E-state index is 0.330. The Morgan fingerprint density at radius 1 is 1.59 bits per heavy atom. The molecule has 1 heterocycles. The zero-order valence-corrected chi connectivity index (χ0v) is 11.4. The zero-order valence-electron chi connectivity index (χ0n) is 9.82. The van der Waals surface area contributed by atoms with Gasteiger partial charge in [0.1, 0.15) is 11.9 Å². The number of hydrogen-bond donors (Lipinski definition) is 0. The summed E-state index contributed by atoms with van der Waals surface area (Å²) in [6.07, 6.45) is 3.81. The van der Waals surface area contributed by atoms with E-state index in [1.54, 1.807) is 32.9 Å². The summed E-state index contributed by atoms with van der Waals surface area (Å²) in [5.41, 5.74) is 0.330. The van der Waals surface area contributed by atoms with Gasteiger partial charge in [0.25, 0.3) is 0 Å². The molecule has 17 heavy (non-hydrogen) atoms. The highest BCUT2D eigenvalue weighted by Gasteiger charge is 2.28. The second kappa shape index (κ2) is 5.82. The summed E-state index contributed by atoms with van der Waals surface area (Å²) in [5, 5.41) is 0. The van der Waals surface area contributed by atoms with E-state index in [-0.39, 0.29) is 0 Å². The van der Waals surface area contributed by atoms with Crippen molar-refractivity contribution in [3.05, 3.63) is 34.0 Å². The van der Waals surface area contributed by atoms with Crippen molar-refractivity contribution in [2.45, 2.75) is 26.9 Å². The average Bonchev–Trinajstić information content (AvgIpc) is 2.60. The van der Waals surface area contributed by atoms with Gasteiger partial charge >= 0.3 is 11.9 Å². The Balaban J connectivity index is 2.80. The monoisotopic (exact) mass is 300 g/mol. The largest absolute Gasteiger partial charge is 0.454 e. The maximum absolute atomic E-state index is 11.5. The first-order chi connectivity index (χ1) is 7.95. The summed E-state index contributed by atoms with van der Waals surface area (Å²) < 4.78 is 10.7. The van der Waals surface area contributed by atoms with Gasteiger partial charge < -0.3 is 9.47 Å². The predicted molar refractivity (Wildman–Crippen MR) is 66.2 cm³/mol. The number of esters is 2. The van der Waals surface area contributed by atoms with Crippen molar-refractivity contribution in [3.63, 3.8) is 0 Å². The fourth-order valence-electron chi connectivity index (χ4n) is 1.25. The molecule has 0 aromatic rings. The van der Waals surface area contributed by atoms with E-state index in [1.165, 1.54) is 6.08 Å². The number of carbonyl (C=O) groups is 2. The lowest BCUT2D eigenvalue weighted by molar-refractivity contribution is -0.142. The van der Waals surface area contributed by atoms with Crippen LogP contribution in [0.15, 0.2) is 34.0 Å². The Bertz CT molecular complexity index is 428. The molecule has 0 aromatic carbocycles. The van der Waals surface area contributed by atoms with Crippen LogP contribution in [0, 0.1) is 0 Å². The lowest BCUT2D eigenvalue weighted by Gasteiger charge is -2.10. The molecular weight excluding hydrogens is 288 g/mol. The van der Waals surface area contributed by atoms with Crippen LogP contribution in [0.2, 0.25) is 0 Å². The number of hydrogen-bond acceptors (Lipinski definition) is 4. The van der Waals surface area contributed by atoms with Gasteiger partial charge in [0.2, 0.25) is 0 Å². The van der Waals surface area contributed by atoms with E-state index in [0.717, 1.165) is 0 Å². The molecule has 0 fully saturated rings. The molecule has 0 radical (unpaired) electrons. The molecule has 0 N–H and O–H groups in total. The van der Waals surface area contributed by atoms with E-state index in [9.17, 15) is 9.59 Å². The Morgan fingerprint density at radius 3 is 2.71 bits per heavy atom. The predicted octanol–water partition coefficient (Wildman–Crippen LogP) is 2.60. The second-order valence-corrected chi connectivity index (χ2v) is 4.66. The van der Waals surface area contributed by atoms with Crippen LogP contribution in [0.4, 0.5) is 0 Å². The fraction of sp³-hybridized carbons (Fsp3) is 0.333. The van der Waals surface area contributed by atoms with Crippen LogP contribution in [0.3, 0.4) is 0 Å². The van der Waals surface area contributed by atoms with E-state index < -0.39 is 18.0 Å². The summed E-state index contributed by atoms with van der Waals surface area (Å²) in [7, 11) is 0. The SMILES string of the molecule is C/C=C/C(=O)OC(C)C1=C/C(=C(\C)Br)OC1=O. The first-order valence-corrected chi connectivity index (χ1v) is 5.88. The third kappa shape index (κ3) is 3.56. The van der Waals surface area contributed by atoms with Crippen LogP contribution in [-0.4, -0.2) is 18.0 Å². The average molecular weight is 301 g/mol. The van der Waals surface area contributed by atoms with Gasteiger partial charge in [-0.1, -0.05) is 22.0 Å². The van der Waals surface area contributed by atoms with Crippen LogP contribution >= 0.6 is 15.9 Å². The maximum atomic E-state index is 11.5. The molecule has 0 aromatic heterocycles. The van der Waals surface area contributed by atoms with Gasteiger partial charge in [-0.2, -0.15) is 0 Å². The fourth-order valence-corrected chi connectivity index (χ4v) is 1.45. The van der Waals surface area contributed by atoms with Gasteiger partial charge in [0.05, 0.1) is 5.57 Å². The van der Waals surface area contributed by atoms with Crippen LogP contribution in [-0.2, 0) is 19.1 Å². The molecule has 1 atom stereocenters. The summed E-state index contributed by atoms with van der Waals surface area (Å²) in [6, 6.07) is 0. The zero-order chi connectivity index (χ0) is 13.0. The molecule has 1 unspecified atom stereocenters.